The summed E-state index contributed by atoms with van der Waals surface area (Å²) in [5, 5.41) is 10.6. The lowest BCUT2D eigenvalue weighted by Gasteiger charge is -2.03. The van der Waals surface area contributed by atoms with E-state index in [4.69, 9.17) is 0 Å². The molecule has 0 unspecified atom stereocenters. The highest BCUT2D eigenvalue weighted by molar-refractivity contribution is 9.10. The van der Waals surface area contributed by atoms with Crippen LogP contribution < -0.4 is 5.32 Å². The Labute approximate surface area is 129 Å². The molecule has 6 heteroatoms. The number of H-pyrrole nitrogens is 1. The van der Waals surface area contributed by atoms with Crippen LogP contribution in [-0.4, -0.2) is 27.6 Å². The predicted octanol–water partition coefficient (Wildman–Crippen LogP) is 2.69. The molecule has 0 fully saturated rings. The Bertz CT molecular complexity index is 770. The number of hydrogen-bond acceptors (Lipinski definition) is 3. The van der Waals surface area contributed by atoms with E-state index in [1.807, 2.05) is 36.4 Å². The summed E-state index contributed by atoms with van der Waals surface area (Å²) in [6, 6.07) is 11.4. The van der Waals surface area contributed by atoms with Crippen molar-refractivity contribution < 1.29 is 4.79 Å². The molecule has 0 spiro atoms. The second kappa shape index (κ2) is 6.05. The fourth-order valence-electron chi connectivity index (χ4n) is 2.09. The number of rotatable bonds is 4. The number of aromatic nitrogens is 3. The molecule has 0 atom stereocenters. The molecule has 2 N–H and O–H groups in total. The number of carbonyl (C=O) groups is 1. The Morgan fingerprint density at radius 3 is 3.00 bits per heavy atom. The van der Waals surface area contributed by atoms with Crippen molar-refractivity contribution in [2.45, 2.75) is 6.42 Å². The van der Waals surface area contributed by atoms with E-state index in [1.165, 1.54) is 0 Å². The van der Waals surface area contributed by atoms with Crippen molar-refractivity contribution in [3.63, 3.8) is 0 Å². The van der Waals surface area contributed by atoms with Crippen molar-refractivity contribution >= 4 is 32.7 Å². The highest BCUT2D eigenvalue weighted by Gasteiger charge is 2.13. The van der Waals surface area contributed by atoms with Crippen molar-refractivity contribution in [2.75, 3.05) is 6.54 Å². The van der Waals surface area contributed by atoms with Crippen LogP contribution in [0.4, 0.5) is 0 Å². The van der Waals surface area contributed by atoms with Gasteiger partial charge in [0.2, 0.25) is 0 Å². The molecule has 5 nitrogen and oxygen atoms in total. The average Bonchev–Trinajstić information content (AvgIpc) is 2.91. The first-order chi connectivity index (χ1) is 10.2. The Balaban J connectivity index is 1.68. The summed E-state index contributed by atoms with van der Waals surface area (Å²) >= 11 is 3.40. The number of benzene rings is 1. The van der Waals surface area contributed by atoms with Crippen molar-refractivity contribution in [2.24, 2.45) is 0 Å². The Morgan fingerprint density at radius 2 is 2.19 bits per heavy atom. The molecule has 2 aromatic heterocycles. The lowest BCUT2D eigenvalue weighted by atomic mass is 10.2. The summed E-state index contributed by atoms with van der Waals surface area (Å²) in [5.41, 5.74) is 2.20. The number of carbonyl (C=O) groups excluding carboxylic acids is 1. The van der Waals surface area contributed by atoms with Gasteiger partial charge >= 0.3 is 0 Å². The predicted molar refractivity (Wildman–Crippen MR) is 84.1 cm³/mol. The van der Waals surface area contributed by atoms with Gasteiger partial charge in [-0.05, 0) is 30.3 Å². The first-order valence-corrected chi connectivity index (χ1v) is 7.35. The fourth-order valence-corrected chi connectivity index (χ4v) is 2.45. The molecule has 0 saturated heterocycles. The van der Waals surface area contributed by atoms with Crippen molar-refractivity contribution in [1.82, 2.24) is 20.5 Å². The van der Waals surface area contributed by atoms with Gasteiger partial charge in [-0.15, -0.1) is 0 Å². The molecule has 0 radical (unpaired) electrons. The number of nitrogens with one attached hydrogen (secondary N) is 2. The zero-order valence-corrected chi connectivity index (χ0v) is 12.7. The lowest BCUT2D eigenvalue weighted by Crippen LogP contribution is -2.26. The summed E-state index contributed by atoms with van der Waals surface area (Å²) in [6.07, 6.45) is 2.44. The van der Waals surface area contributed by atoms with Gasteiger partial charge in [-0.2, -0.15) is 5.10 Å². The van der Waals surface area contributed by atoms with Crippen molar-refractivity contribution in [3.05, 3.63) is 58.5 Å². The fraction of sp³-hybridized carbons (Fsp3) is 0.133. The number of aromatic amines is 1. The van der Waals surface area contributed by atoms with Gasteiger partial charge in [-0.1, -0.05) is 22.0 Å². The topological polar surface area (TPSA) is 70.7 Å². The molecule has 106 valence electrons. The van der Waals surface area contributed by atoms with Gasteiger partial charge in [-0.3, -0.25) is 14.9 Å². The number of fused-ring (bicyclic) bond motifs is 1. The van der Waals surface area contributed by atoms with Crippen LogP contribution in [0.25, 0.3) is 10.9 Å². The van der Waals surface area contributed by atoms with E-state index in [0.717, 1.165) is 21.1 Å². The molecule has 0 aliphatic heterocycles. The number of halogens is 1. The van der Waals surface area contributed by atoms with Crippen LogP contribution in [0, 0.1) is 0 Å². The molecule has 3 rings (SSSR count). The number of nitrogens with zero attached hydrogens (tertiary/aromatic N) is 2. The third-order valence-electron chi connectivity index (χ3n) is 3.13. The van der Waals surface area contributed by atoms with Gasteiger partial charge in [0.1, 0.15) is 0 Å². The molecule has 1 amide bonds. The Hall–Kier alpha value is -2.21. The van der Waals surface area contributed by atoms with Gasteiger partial charge in [0, 0.05) is 34.7 Å². The van der Waals surface area contributed by atoms with E-state index in [-0.39, 0.29) is 5.91 Å². The molecule has 0 aliphatic rings. The van der Waals surface area contributed by atoms with E-state index >= 15 is 0 Å². The molecule has 2 heterocycles. The lowest BCUT2D eigenvalue weighted by molar-refractivity contribution is 0.0950. The van der Waals surface area contributed by atoms with E-state index < -0.39 is 0 Å². The maximum atomic E-state index is 12.2. The minimum absolute atomic E-state index is 0.185. The minimum atomic E-state index is -0.185. The average molecular weight is 345 g/mol. The van der Waals surface area contributed by atoms with Crippen LogP contribution >= 0.6 is 15.9 Å². The number of pyridine rings is 1. The molecule has 0 aliphatic carbocycles. The third kappa shape index (κ3) is 3.11. The Kier molecular flexibility index (Phi) is 3.96. The molecule has 1 aromatic carbocycles. The summed E-state index contributed by atoms with van der Waals surface area (Å²) in [4.78, 5) is 16.4. The maximum Gasteiger partial charge on any atom is 0.272 e. The van der Waals surface area contributed by atoms with Gasteiger partial charge < -0.3 is 5.32 Å². The number of hydrogen-bond donors (Lipinski definition) is 2. The van der Waals surface area contributed by atoms with Crippen LogP contribution in [-0.2, 0) is 6.42 Å². The molecule has 21 heavy (non-hydrogen) atoms. The van der Waals surface area contributed by atoms with Crippen molar-refractivity contribution in [1.29, 1.82) is 0 Å². The summed E-state index contributed by atoms with van der Waals surface area (Å²) in [7, 11) is 0. The van der Waals surface area contributed by atoms with E-state index in [9.17, 15) is 4.79 Å². The molecule has 0 bridgehead atoms. The van der Waals surface area contributed by atoms with Gasteiger partial charge in [0.15, 0.2) is 5.69 Å². The van der Waals surface area contributed by atoms with Crippen molar-refractivity contribution in [3.8, 4) is 0 Å². The largest absolute Gasteiger partial charge is 0.350 e. The highest BCUT2D eigenvalue weighted by Crippen LogP contribution is 2.20. The standard InChI is InChI=1S/C15H13BrN4O/c16-10-4-5-13-12(9-10)14(20-19-13)15(21)18-8-6-11-3-1-2-7-17-11/h1-5,7,9H,6,8H2,(H,18,21)(H,19,20). The molecular formula is C15H13BrN4O. The first kappa shape index (κ1) is 13.8. The zero-order chi connectivity index (χ0) is 14.7. The second-order valence-electron chi connectivity index (χ2n) is 4.59. The van der Waals surface area contributed by atoms with Gasteiger partial charge in [-0.25, -0.2) is 0 Å². The first-order valence-electron chi connectivity index (χ1n) is 6.56. The molecule has 3 aromatic rings. The van der Waals surface area contributed by atoms with Crippen LogP contribution in [0.15, 0.2) is 47.1 Å². The van der Waals surface area contributed by atoms with E-state index in [2.05, 4.69) is 36.4 Å². The van der Waals surface area contributed by atoms with Gasteiger partial charge in [0.25, 0.3) is 5.91 Å². The number of amides is 1. The van der Waals surface area contributed by atoms with Crippen LogP contribution in [0.5, 0.6) is 0 Å². The maximum absolute atomic E-state index is 12.2. The second-order valence-corrected chi connectivity index (χ2v) is 5.50. The van der Waals surface area contributed by atoms with E-state index in [1.54, 1.807) is 6.20 Å². The summed E-state index contributed by atoms with van der Waals surface area (Å²) in [5.74, 6) is -0.185. The summed E-state index contributed by atoms with van der Waals surface area (Å²) in [6.45, 7) is 0.526. The monoisotopic (exact) mass is 344 g/mol. The minimum Gasteiger partial charge on any atom is -0.350 e. The van der Waals surface area contributed by atoms with Crippen LogP contribution in [0.2, 0.25) is 0 Å². The van der Waals surface area contributed by atoms with Gasteiger partial charge in [0.05, 0.1) is 5.52 Å². The summed E-state index contributed by atoms with van der Waals surface area (Å²) < 4.78 is 0.916. The Morgan fingerprint density at radius 1 is 1.29 bits per heavy atom. The quantitative estimate of drug-likeness (QED) is 0.764. The van der Waals surface area contributed by atoms with Crippen LogP contribution in [0.3, 0.4) is 0 Å². The van der Waals surface area contributed by atoms with E-state index in [0.29, 0.717) is 18.7 Å². The smallest absolute Gasteiger partial charge is 0.272 e. The van der Waals surface area contributed by atoms with Crippen LogP contribution in [0.1, 0.15) is 16.2 Å². The molecular weight excluding hydrogens is 332 g/mol. The zero-order valence-electron chi connectivity index (χ0n) is 11.1. The third-order valence-corrected chi connectivity index (χ3v) is 3.63. The SMILES string of the molecule is O=C(NCCc1ccccn1)c1n[nH]c2ccc(Br)cc12. The normalized spacial score (nSPS) is 10.7. The highest BCUT2D eigenvalue weighted by atomic mass is 79.9. The molecule has 0 saturated carbocycles.